The summed E-state index contributed by atoms with van der Waals surface area (Å²) in [5, 5.41) is 18.3. The number of alkyl halides is 6. The predicted molar refractivity (Wildman–Crippen MR) is 169 cm³/mol. The van der Waals surface area contributed by atoms with Crippen LogP contribution in [-0.4, -0.2) is 81.2 Å². The lowest BCUT2D eigenvalue weighted by atomic mass is 10.0. The number of carbonyl (C=O) groups excluding carboxylic acids is 1. The van der Waals surface area contributed by atoms with Crippen molar-refractivity contribution in [3.63, 3.8) is 0 Å². The molecule has 2 aromatic carbocycles. The first-order chi connectivity index (χ1) is 23.5. The molecule has 5 rings (SSSR count). The van der Waals surface area contributed by atoms with Crippen LogP contribution < -0.4 is 9.80 Å². The smallest absolute Gasteiger partial charge is 0.490 e. The lowest BCUT2D eigenvalue weighted by molar-refractivity contribution is -0.201. The fourth-order valence-corrected chi connectivity index (χ4v) is 6.16. The van der Waals surface area contributed by atoms with Crippen LogP contribution in [0.15, 0.2) is 53.7 Å². The van der Waals surface area contributed by atoms with Gasteiger partial charge in [0, 0.05) is 42.9 Å². The number of nitriles is 1. The quantitative estimate of drug-likeness (QED) is 0.142. The SMILES string of the molecule is C[S+]([O-])c1nc2c(c(N3CCN(C(=O)O)[C@@H](CC#N)C3)n1)CCN(c1cccc(Cl)c1C(F)(F)F)C2.O=C(OCc1ccccc1)C(F)(F)F. The van der Waals surface area contributed by atoms with Crippen molar-refractivity contribution in [1.29, 1.82) is 5.26 Å². The number of piperazine rings is 1. The van der Waals surface area contributed by atoms with Crippen LogP contribution in [0.5, 0.6) is 0 Å². The number of halogens is 7. The molecular formula is C31H29ClF6N6O5S. The summed E-state index contributed by atoms with van der Waals surface area (Å²) in [7, 11) is 0. The topological polar surface area (TPSA) is 146 Å². The molecule has 0 radical (unpaired) electrons. The van der Waals surface area contributed by atoms with Crippen LogP contribution in [0.3, 0.4) is 0 Å². The number of anilines is 2. The molecule has 1 saturated heterocycles. The van der Waals surface area contributed by atoms with Crippen molar-refractivity contribution in [2.24, 2.45) is 0 Å². The fourth-order valence-electron chi connectivity index (χ4n) is 5.43. The molecule has 3 aromatic rings. The van der Waals surface area contributed by atoms with Gasteiger partial charge in [0.1, 0.15) is 18.7 Å². The highest BCUT2D eigenvalue weighted by Gasteiger charge is 2.41. The zero-order chi connectivity index (χ0) is 36.8. The van der Waals surface area contributed by atoms with Gasteiger partial charge in [0.05, 0.1) is 47.0 Å². The number of carbonyl (C=O) groups is 2. The van der Waals surface area contributed by atoms with Gasteiger partial charge in [-0.2, -0.15) is 41.6 Å². The van der Waals surface area contributed by atoms with Gasteiger partial charge in [-0.3, -0.25) is 0 Å². The van der Waals surface area contributed by atoms with E-state index in [0.29, 0.717) is 35.6 Å². The van der Waals surface area contributed by atoms with Gasteiger partial charge < -0.3 is 29.1 Å². The normalized spacial score (nSPS) is 16.8. The molecule has 19 heteroatoms. The maximum absolute atomic E-state index is 13.8. The first-order valence-corrected chi connectivity index (χ1v) is 16.7. The van der Waals surface area contributed by atoms with Gasteiger partial charge in [-0.05, 0) is 24.1 Å². The van der Waals surface area contributed by atoms with Crippen LogP contribution in [0.1, 0.15) is 28.8 Å². The Kier molecular flexibility index (Phi) is 12.3. The van der Waals surface area contributed by atoms with Crippen LogP contribution in [0, 0.1) is 11.3 Å². The van der Waals surface area contributed by atoms with Gasteiger partial charge in [0.15, 0.2) is 0 Å². The highest BCUT2D eigenvalue weighted by Crippen LogP contribution is 2.43. The molecule has 0 saturated carbocycles. The molecule has 1 fully saturated rings. The van der Waals surface area contributed by atoms with E-state index in [2.05, 4.69) is 14.7 Å². The van der Waals surface area contributed by atoms with Crippen LogP contribution in [0.25, 0.3) is 0 Å². The molecule has 2 atom stereocenters. The number of hydrogen-bond donors (Lipinski definition) is 1. The van der Waals surface area contributed by atoms with Crippen molar-refractivity contribution in [3.8, 4) is 6.07 Å². The monoisotopic (exact) mass is 746 g/mol. The minimum absolute atomic E-state index is 0.00853. The lowest BCUT2D eigenvalue weighted by Gasteiger charge is -2.41. The molecule has 0 spiro atoms. The number of hydrogen-bond acceptors (Lipinski definition) is 9. The van der Waals surface area contributed by atoms with Crippen LogP contribution in [0.2, 0.25) is 5.02 Å². The van der Waals surface area contributed by atoms with Crippen LogP contribution in [-0.2, 0) is 46.5 Å². The number of benzene rings is 2. The van der Waals surface area contributed by atoms with E-state index in [9.17, 15) is 50.9 Å². The van der Waals surface area contributed by atoms with E-state index in [1.54, 1.807) is 30.3 Å². The summed E-state index contributed by atoms with van der Waals surface area (Å²) in [4.78, 5) is 35.4. The van der Waals surface area contributed by atoms with E-state index in [1.807, 2.05) is 11.0 Å². The molecular weight excluding hydrogens is 718 g/mol. The van der Waals surface area contributed by atoms with E-state index in [1.165, 1.54) is 34.3 Å². The van der Waals surface area contributed by atoms with Crippen molar-refractivity contribution >= 4 is 46.3 Å². The Bertz CT molecular complexity index is 1730. The second kappa shape index (κ2) is 16.0. The number of amides is 1. The Labute approximate surface area is 290 Å². The summed E-state index contributed by atoms with van der Waals surface area (Å²) >= 11 is 4.34. The maximum atomic E-state index is 13.8. The summed E-state index contributed by atoms with van der Waals surface area (Å²) in [6.07, 6.45) is -8.98. The molecule has 2 aliphatic heterocycles. The number of nitrogens with zero attached hydrogens (tertiary/aromatic N) is 6. The van der Waals surface area contributed by atoms with Gasteiger partial charge in [0.25, 0.3) is 0 Å². The summed E-state index contributed by atoms with van der Waals surface area (Å²) in [5.41, 5.74) is 0.680. The number of aromatic nitrogens is 2. The van der Waals surface area contributed by atoms with Gasteiger partial charge in [-0.25, -0.2) is 9.59 Å². The van der Waals surface area contributed by atoms with Gasteiger partial charge >= 0.3 is 29.6 Å². The molecule has 3 heterocycles. The third-order valence-corrected chi connectivity index (χ3v) is 8.71. The summed E-state index contributed by atoms with van der Waals surface area (Å²) < 4.78 is 92.7. The first-order valence-electron chi connectivity index (χ1n) is 14.7. The third-order valence-electron chi connectivity index (χ3n) is 7.69. The Hall–Kier alpha value is -4.47. The molecule has 50 heavy (non-hydrogen) atoms. The average Bonchev–Trinajstić information content (AvgIpc) is 3.06. The van der Waals surface area contributed by atoms with Crippen molar-refractivity contribution < 1.29 is 50.3 Å². The number of fused-ring (bicyclic) bond motifs is 1. The first kappa shape index (κ1) is 38.3. The number of carboxylic acid groups (broad SMARTS) is 1. The Morgan fingerprint density at radius 1 is 1.06 bits per heavy atom. The molecule has 1 N–H and O–H groups in total. The zero-order valence-electron chi connectivity index (χ0n) is 26.2. The molecule has 1 amide bonds. The molecule has 268 valence electrons. The van der Waals surface area contributed by atoms with E-state index in [0.717, 1.165) is 0 Å². The van der Waals surface area contributed by atoms with Crippen molar-refractivity contribution in [1.82, 2.24) is 14.9 Å². The highest BCUT2D eigenvalue weighted by atomic mass is 35.5. The Morgan fingerprint density at radius 2 is 1.76 bits per heavy atom. The van der Waals surface area contributed by atoms with E-state index < -0.39 is 52.2 Å². The van der Waals surface area contributed by atoms with Crippen molar-refractivity contribution in [3.05, 3.63) is 75.9 Å². The molecule has 1 unspecified atom stereocenters. The molecule has 11 nitrogen and oxygen atoms in total. The largest absolute Gasteiger partial charge is 0.609 e. The van der Waals surface area contributed by atoms with Gasteiger partial charge in [-0.1, -0.05) is 48.0 Å². The summed E-state index contributed by atoms with van der Waals surface area (Å²) in [5.74, 6) is -1.69. The van der Waals surface area contributed by atoms with E-state index in [-0.39, 0.29) is 50.1 Å². The second-order valence-corrected chi connectivity index (χ2v) is 12.7. The average molecular weight is 747 g/mol. The summed E-state index contributed by atoms with van der Waals surface area (Å²) in [6.45, 7) is 0.542. The minimum Gasteiger partial charge on any atom is -0.609 e. The maximum Gasteiger partial charge on any atom is 0.490 e. The molecule has 0 bridgehead atoms. The predicted octanol–water partition coefficient (Wildman–Crippen LogP) is 5.82. The van der Waals surface area contributed by atoms with Crippen LogP contribution >= 0.6 is 11.6 Å². The van der Waals surface area contributed by atoms with Crippen LogP contribution in [0.4, 0.5) is 42.6 Å². The van der Waals surface area contributed by atoms with E-state index >= 15 is 0 Å². The molecule has 1 aromatic heterocycles. The standard InChI is InChI=1S/C22H22ClF3N6O3S.C9H7F3O2/c1-36(35)20-28-16-12-30(17-4-2-3-15(23)18(17)22(24,25)26)8-6-14(16)19(29-20)31-9-10-32(21(33)34)13(11-31)5-7-27;10-9(11,12)8(13)14-6-7-4-2-1-3-5-7/h2-4,13H,5-6,8-12H2,1H3,(H,33,34);1-5H,6H2/t13-,36?;/m0./s1. The van der Waals surface area contributed by atoms with Gasteiger partial charge in [-0.15, -0.1) is 0 Å². The van der Waals surface area contributed by atoms with Crippen molar-refractivity contribution in [2.75, 3.05) is 42.2 Å². The number of esters is 1. The van der Waals surface area contributed by atoms with Gasteiger partial charge in [0.2, 0.25) is 0 Å². The van der Waals surface area contributed by atoms with E-state index in [4.69, 9.17) is 11.6 Å². The second-order valence-electron chi connectivity index (χ2n) is 11.0. The molecule has 0 aliphatic carbocycles. The van der Waals surface area contributed by atoms with Crippen molar-refractivity contribution in [2.45, 2.75) is 49.5 Å². The lowest BCUT2D eigenvalue weighted by Crippen LogP contribution is -2.55. The number of rotatable bonds is 6. The Balaban J connectivity index is 0.000000337. The number of ether oxygens (including phenoxy) is 1. The minimum atomic E-state index is -4.92. The highest BCUT2D eigenvalue weighted by molar-refractivity contribution is 7.90. The fraction of sp³-hybridized carbons (Fsp3) is 0.387. The zero-order valence-corrected chi connectivity index (χ0v) is 27.7. The summed E-state index contributed by atoms with van der Waals surface area (Å²) in [6, 6.07) is 13.6. The molecule has 2 aliphatic rings. The Morgan fingerprint density at radius 3 is 2.36 bits per heavy atom. The third kappa shape index (κ3) is 9.40.